The number of guanidine groups is 1. The number of hydrogen-bond donors (Lipinski definition) is 11. The number of imidazole rings is 1. The van der Waals surface area contributed by atoms with Gasteiger partial charge in [0, 0.05) is 32.6 Å². The number of nitrogens with one attached hydrogen (secondary N) is 9. The molecule has 1 heterocycles. The van der Waals surface area contributed by atoms with E-state index < -0.39 is 59.8 Å². The van der Waals surface area contributed by atoms with Crippen LogP contribution in [0.4, 0.5) is 0 Å². The highest BCUT2D eigenvalue weighted by atomic mass is 16.2. The molecule has 13 N–H and O–H groups in total. The molecule has 0 saturated carbocycles. The zero-order chi connectivity index (χ0) is 37.8. The Morgan fingerprint density at radius 1 is 0.784 bits per heavy atom. The minimum Gasteiger partial charge on any atom is -0.370 e. The van der Waals surface area contributed by atoms with Crippen LogP contribution in [0.3, 0.4) is 0 Å². The van der Waals surface area contributed by atoms with Crippen molar-refractivity contribution in [2.45, 2.75) is 89.0 Å². The van der Waals surface area contributed by atoms with Gasteiger partial charge in [-0.3, -0.25) is 29.4 Å². The Kier molecular flexibility index (Phi) is 18.7. The van der Waals surface area contributed by atoms with Crippen molar-refractivity contribution in [3.63, 3.8) is 0 Å². The van der Waals surface area contributed by atoms with Crippen molar-refractivity contribution in [3.05, 3.63) is 54.1 Å². The van der Waals surface area contributed by atoms with E-state index in [9.17, 15) is 24.0 Å². The van der Waals surface area contributed by atoms with Crippen molar-refractivity contribution in [2.24, 2.45) is 17.4 Å². The molecule has 5 amide bonds. The first-order valence-electron chi connectivity index (χ1n) is 17.3. The minimum atomic E-state index is -1.15. The summed E-state index contributed by atoms with van der Waals surface area (Å²) in [5.41, 5.74) is 12.3. The lowest BCUT2D eigenvalue weighted by Crippen LogP contribution is -2.60. The first kappa shape index (κ1) is 42.1. The quantitative estimate of drug-likeness (QED) is 0.0361. The van der Waals surface area contributed by atoms with Gasteiger partial charge in [0.05, 0.1) is 18.1 Å². The number of aromatic nitrogens is 2. The number of benzene rings is 1. The largest absolute Gasteiger partial charge is 0.370 e. The smallest absolute Gasteiger partial charge is 0.243 e. The zero-order valence-corrected chi connectivity index (χ0v) is 30.0. The molecule has 2 aromatic rings. The fourth-order valence-electron chi connectivity index (χ4n) is 5.35. The van der Waals surface area contributed by atoms with Crippen LogP contribution in [0.5, 0.6) is 0 Å². The maximum atomic E-state index is 13.8. The molecule has 0 radical (unpaired) electrons. The molecule has 0 saturated heterocycles. The number of likely N-dealkylation sites (N-methyl/N-ethyl adjacent to an activating group) is 2. The maximum absolute atomic E-state index is 13.8. The number of carbonyl (C=O) groups excluding carboxylic acids is 5. The molecule has 0 aliphatic carbocycles. The summed E-state index contributed by atoms with van der Waals surface area (Å²) in [7, 11) is 3.13. The summed E-state index contributed by atoms with van der Waals surface area (Å²) in [6, 6.07) is 4.46. The Hall–Kier alpha value is -5.03. The molecule has 17 nitrogen and oxygen atoms in total. The molecular formula is C34H56N12O5. The predicted molar refractivity (Wildman–Crippen MR) is 194 cm³/mol. The van der Waals surface area contributed by atoms with Crippen LogP contribution < -0.4 is 48.7 Å². The minimum absolute atomic E-state index is 0.00301. The predicted octanol–water partition coefficient (Wildman–Crippen LogP) is -1.48. The van der Waals surface area contributed by atoms with Crippen molar-refractivity contribution in [1.82, 2.24) is 47.2 Å². The Balaban J connectivity index is 2.26. The number of nitrogens with zero attached hydrogens (tertiary/aromatic N) is 1. The fourth-order valence-corrected chi connectivity index (χ4v) is 5.35. The van der Waals surface area contributed by atoms with E-state index in [1.54, 1.807) is 27.1 Å². The summed E-state index contributed by atoms with van der Waals surface area (Å²) in [5, 5.41) is 26.8. The van der Waals surface area contributed by atoms with Crippen LogP contribution in [-0.4, -0.2) is 103 Å². The van der Waals surface area contributed by atoms with Crippen LogP contribution in [0, 0.1) is 11.3 Å². The highest BCUT2D eigenvalue weighted by molar-refractivity contribution is 5.96. The molecule has 2 rings (SSSR count). The lowest BCUT2D eigenvalue weighted by atomic mass is 10.00. The van der Waals surface area contributed by atoms with E-state index in [-0.39, 0.29) is 31.1 Å². The van der Waals surface area contributed by atoms with Gasteiger partial charge in [-0.15, -0.1) is 0 Å². The molecule has 0 spiro atoms. The third-order valence-corrected chi connectivity index (χ3v) is 8.24. The number of hydrogen-bond acceptors (Lipinski definition) is 9. The number of rotatable bonds is 23. The number of amides is 5. The Bertz CT molecular complexity index is 1390. The highest BCUT2D eigenvalue weighted by Gasteiger charge is 2.33. The van der Waals surface area contributed by atoms with E-state index in [0.29, 0.717) is 38.0 Å². The summed E-state index contributed by atoms with van der Waals surface area (Å²) < 4.78 is 0. The topological polar surface area (TPSA) is 274 Å². The van der Waals surface area contributed by atoms with Crippen molar-refractivity contribution >= 4 is 35.5 Å². The number of aromatic amines is 1. The standard InChI is InChI=1S/C34H56N12O5/c1-21(2)28(46-31(49)25(14-10-16-41-34(36)37)43-30(48)24(38-3)13-8-9-15-35)33(51)45-27(18-23-19-40-20-42-23)32(50)44-26(29(47)39-4)17-22-11-6-5-7-12-22/h5-7,11-12,19-21,24-28,38H,8-10,13-18,35H2,1-4H3,(H,39,47)(H,40,42)(H,43,48)(H,44,50)(H,45,51)(H,46,49)(H4,36,37,41)/t24-,25-,26-,27-,28?/m0/s1. The van der Waals surface area contributed by atoms with E-state index in [1.807, 2.05) is 30.3 Å². The molecule has 282 valence electrons. The molecule has 1 aromatic carbocycles. The first-order chi connectivity index (χ1) is 24.4. The highest BCUT2D eigenvalue weighted by Crippen LogP contribution is 2.10. The van der Waals surface area contributed by atoms with Crippen molar-refractivity contribution < 1.29 is 24.0 Å². The molecule has 17 heteroatoms. The zero-order valence-electron chi connectivity index (χ0n) is 30.0. The molecule has 5 atom stereocenters. The van der Waals surface area contributed by atoms with Gasteiger partial charge >= 0.3 is 0 Å². The SMILES string of the molecule is CNC(=O)[C@H](Cc1ccccc1)NC(=O)[C@H](Cc1c[nH]cn1)NC(=O)C(NC(=O)[C@H](CCCNC(=N)N)NC(=O)[C@H](CCCCN)NC)C(C)C. The molecule has 0 aliphatic rings. The maximum Gasteiger partial charge on any atom is 0.243 e. The molecule has 0 bridgehead atoms. The number of nitrogens with two attached hydrogens (primary N) is 2. The molecule has 51 heavy (non-hydrogen) atoms. The summed E-state index contributed by atoms with van der Waals surface area (Å²) >= 11 is 0. The van der Waals surface area contributed by atoms with Gasteiger partial charge in [0.25, 0.3) is 0 Å². The Morgan fingerprint density at radius 3 is 1.98 bits per heavy atom. The van der Waals surface area contributed by atoms with Crippen LogP contribution in [0.2, 0.25) is 0 Å². The fraction of sp³-hybridized carbons (Fsp3) is 0.559. The molecule has 1 unspecified atom stereocenters. The van der Waals surface area contributed by atoms with Gasteiger partial charge < -0.3 is 53.7 Å². The summed E-state index contributed by atoms with van der Waals surface area (Å²) in [6.07, 6.45) is 5.82. The summed E-state index contributed by atoms with van der Waals surface area (Å²) in [5.74, 6) is -3.26. The average molecular weight is 713 g/mol. The van der Waals surface area contributed by atoms with Gasteiger partial charge in [-0.25, -0.2) is 4.98 Å². The summed E-state index contributed by atoms with van der Waals surface area (Å²) in [4.78, 5) is 74.3. The van der Waals surface area contributed by atoms with E-state index in [1.165, 1.54) is 13.4 Å². The Morgan fingerprint density at radius 2 is 1.39 bits per heavy atom. The second-order valence-corrected chi connectivity index (χ2v) is 12.6. The second kappa shape index (κ2) is 22.6. The van der Waals surface area contributed by atoms with E-state index in [4.69, 9.17) is 16.9 Å². The van der Waals surface area contributed by atoms with Crippen molar-refractivity contribution in [3.8, 4) is 0 Å². The number of unbranched alkanes of at least 4 members (excludes halogenated alkanes) is 1. The van der Waals surface area contributed by atoms with Gasteiger partial charge in [-0.05, 0) is 50.8 Å². The Labute approximate surface area is 299 Å². The summed E-state index contributed by atoms with van der Waals surface area (Å²) in [6.45, 7) is 4.28. The van der Waals surface area contributed by atoms with Crippen LogP contribution in [0.25, 0.3) is 0 Å². The number of carbonyl (C=O) groups is 5. The van der Waals surface area contributed by atoms with E-state index in [0.717, 1.165) is 12.0 Å². The van der Waals surface area contributed by atoms with Crippen LogP contribution in [-0.2, 0) is 36.8 Å². The van der Waals surface area contributed by atoms with Gasteiger partial charge in [0.15, 0.2) is 5.96 Å². The van der Waals surface area contributed by atoms with Gasteiger partial charge in [0.2, 0.25) is 29.5 Å². The average Bonchev–Trinajstić information content (AvgIpc) is 3.62. The van der Waals surface area contributed by atoms with Crippen LogP contribution in [0.15, 0.2) is 42.9 Å². The van der Waals surface area contributed by atoms with Crippen LogP contribution in [0.1, 0.15) is 57.2 Å². The number of H-pyrrole nitrogens is 1. The molecular weight excluding hydrogens is 656 g/mol. The first-order valence-corrected chi connectivity index (χ1v) is 17.3. The normalized spacial score (nSPS) is 13.9. The molecule has 0 fully saturated rings. The molecule has 1 aromatic heterocycles. The second-order valence-electron chi connectivity index (χ2n) is 12.6. The van der Waals surface area contributed by atoms with E-state index in [2.05, 4.69) is 47.2 Å². The monoisotopic (exact) mass is 712 g/mol. The van der Waals surface area contributed by atoms with Crippen molar-refractivity contribution in [2.75, 3.05) is 27.2 Å². The third kappa shape index (κ3) is 15.2. The third-order valence-electron chi connectivity index (χ3n) is 8.24. The van der Waals surface area contributed by atoms with Gasteiger partial charge in [0.1, 0.15) is 24.2 Å². The van der Waals surface area contributed by atoms with Gasteiger partial charge in [-0.1, -0.05) is 50.6 Å². The lowest BCUT2D eigenvalue weighted by molar-refractivity contribution is -0.135. The molecule has 0 aliphatic heterocycles. The van der Waals surface area contributed by atoms with Crippen LogP contribution >= 0.6 is 0 Å². The van der Waals surface area contributed by atoms with Crippen molar-refractivity contribution in [1.29, 1.82) is 5.41 Å². The lowest BCUT2D eigenvalue weighted by Gasteiger charge is -2.28. The van der Waals surface area contributed by atoms with Gasteiger partial charge in [-0.2, -0.15) is 0 Å². The van der Waals surface area contributed by atoms with E-state index >= 15 is 0 Å².